The zero-order valence-electron chi connectivity index (χ0n) is 21.7. The van der Waals surface area contributed by atoms with E-state index in [1.54, 1.807) is 16.7 Å². The Kier molecular flexibility index (Phi) is 6.39. The molecule has 1 spiro atoms. The van der Waals surface area contributed by atoms with Gasteiger partial charge in [0, 0.05) is 16.0 Å². The highest BCUT2D eigenvalue weighted by molar-refractivity contribution is 8.02. The Labute approximate surface area is 222 Å². The summed E-state index contributed by atoms with van der Waals surface area (Å²) in [5.41, 5.74) is 0.941. The fourth-order valence-electron chi connectivity index (χ4n) is 6.61. The van der Waals surface area contributed by atoms with Gasteiger partial charge in [-0.05, 0) is 58.2 Å². The molecule has 8 heteroatoms. The molecule has 196 valence electrons. The molecule has 2 unspecified atom stereocenters. The number of aliphatic hydroxyl groups is 1. The molecule has 0 aliphatic carbocycles. The first-order chi connectivity index (χ1) is 17.5. The van der Waals surface area contributed by atoms with Gasteiger partial charge in [0.15, 0.2) is 0 Å². The molecule has 0 saturated carbocycles. The highest BCUT2D eigenvalue weighted by Crippen LogP contribution is 2.72. The van der Waals surface area contributed by atoms with Crippen molar-refractivity contribution in [3.05, 3.63) is 66.2 Å². The second kappa shape index (κ2) is 9.17. The van der Waals surface area contributed by atoms with Gasteiger partial charge in [0.25, 0.3) is 0 Å². The van der Waals surface area contributed by atoms with Crippen molar-refractivity contribution in [2.75, 3.05) is 11.9 Å². The van der Waals surface area contributed by atoms with E-state index in [-0.39, 0.29) is 24.3 Å². The van der Waals surface area contributed by atoms with Crippen molar-refractivity contribution < 1.29 is 19.5 Å². The van der Waals surface area contributed by atoms with Crippen molar-refractivity contribution in [1.82, 2.24) is 10.2 Å². The zero-order chi connectivity index (χ0) is 26.6. The summed E-state index contributed by atoms with van der Waals surface area (Å²) in [7, 11) is 0. The van der Waals surface area contributed by atoms with Crippen LogP contribution in [0.5, 0.6) is 0 Å². The molecule has 37 heavy (non-hydrogen) atoms. The van der Waals surface area contributed by atoms with Crippen LogP contribution in [0.3, 0.4) is 0 Å². The summed E-state index contributed by atoms with van der Waals surface area (Å²) in [6.45, 7) is 7.48. The van der Waals surface area contributed by atoms with Crippen LogP contribution in [0.4, 0.5) is 5.69 Å². The second-order valence-corrected chi connectivity index (χ2v) is 13.6. The van der Waals surface area contributed by atoms with Crippen molar-refractivity contribution in [3.63, 3.8) is 0 Å². The van der Waals surface area contributed by atoms with Crippen LogP contribution in [0, 0.1) is 11.8 Å². The standard InChI is InChI=1S/C29H35N3O4S/c1-27(2,3)31-25(35)23-29-16-15-28(4,37-29)21(24(34)30-19-13-9-6-10-14-19)22(29)26(36)32(23)20(17-33)18-11-7-5-8-12-18/h5-14,20-23,33H,15-17H2,1-4H3,(H,30,34)(H,31,35)/t20-,21-,22+,23?,28+,29?/m1/s1. The van der Waals surface area contributed by atoms with E-state index in [0.717, 1.165) is 12.0 Å². The Morgan fingerprint density at radius 3 is 2.27 bits per heavy atom. The lowest BCUT2D eigenvalue weighted by atomic mass is 9.66. The van der Waals surface area contributed by atoms with E-state index in [2.05, 4.69) is 17.6 Å². The molecular weight excluding hydrogens is 486 g/mol. The molecule has 2 aromatic carbocycles. The quantitative estimate of drug-likeness (QED) is 0.538. The SMILES string of the molecule is CC(C)(C)NC(=O)C1N([C@H](CO)c2ccccc2)C(=O)[C@@H]2[C@H](C(=O)Nc3ccccc3)[C@]3(C)CCC12S3. The molecule has 3 N–H and O–H groups in total. The van der Waals surface area contributed by atoms with E-state index in [9.17, 15) is 19.5 Å². The van der Waals surface area contributed by atoms with E-state index in [1.807, 2.05) is 81.4 Å². The summed E-state index contributed by atoms with van der Waals surface area (Å²) >= 11 is 1.63. The number of hydrogen-bond acceptors (Lipinski definition) is 5. The maximum Gasteiger partial charge on any atom is 0.244 e. The molecule has 3 aliphatic heterocycles. The van der Waals surface area contributed by atoms with Crippen molar-refractivity contribution in [1.29, 1.82) is 0 Å². The predicted molar refractivity (Wildman–Crippen MR) is 145 cm³/mol. The topological polar surface area (TPSA) is 98.7 Å². The summed E-state index contributed by atoms with van der Waals surface area (Å²) in [5, 5.41) is 16.7. The molecule has 3 fully saturated rings. The molecule has 3 amide bonds. The summed E-state index contributed by atoms with van der Waals surface area (Å²) in [6.07, 6.45) is 1.39. The minimum absolute atomic E-state index is 0.196. The summed E-state index contributed by atoms with van der Waals surface area (Å²) in [5.74, 6) is -1.92. The van der Waals surface area contributed by atoms with Gasteiger partial charge in [0.2, 0.25) is 17.7 Å². The number of carbonyl (C=O) groups is 3. The highest BCUT2D eigenvalue weighted by atomic mass is 32.2. The number of anilines is 1. The van der Waals surface area contributed by atoms with Crippen molar-refractivity contribution in [3.8, 4) is 0 Å². The normalized spacial score (nSPS) is 31.2. The number of likely N-dealkylation sites (tertiary alicyclic amines) is 1. The Morgan fingerprint density at radius 1 is 1.05 bits per heavy atom. The van der Waals surface area contributed by atoms with Gasteiger partial charge in [-0.25, -0.2) is 0 Å². The molecule has 2 bridgehead atoms. The maximum absolute atomic E-state index is 14.4. The van der Waals surface area contributed by atoms with Gasteiger partial charge in [-0.3, -0.25) is 14.4 Å². The zero-order valence-corrected chi connectivity index (χ0v) is 22.5. The summed E-state index contributed by atoms with van der Waals surface area (Å²) in [6, 6.07) is 17.1. The lowest BCUT2D eigenvalue weighted by molar-refractivity contribution is -0.143. The number of para-hydroxylation sites is 1. The van der Waals surface area contributed by atoms with Crippen molar-refractivity contribution in [2.45, 2.75) is 67.7 Å². The Morgan fingerprint density at radius 2 is 1.68 bits per heavy atom. The van der Waals surface area contributed by atoms with Crippen LogP contribution >= 0.6 is 11.8 Å². The monoisotopic (exact) mass is 521 g/mol. The number of fused-ring (bicyclic) bond motifs is 1. The summed E-state index contributed by atoms with van der Waals surface area (Å²) in [4.78, 5) is 43.7. The third-order valence-electron chi connectivity index (χ3n) is 7.98. The molecule has 3 saturated heterocycles. The van der Waals surface area contributed by atoms with Crippen LogP contribution < -0.4 is 10.6 Å². The van der Waals surface area contributed by atoms with E-state index in [0.29, 0.717) is 12.1 Å². The van der Waals surface area contributed by atoms with Crippen molar-refractivity contribution >= 4 is 35.2 Å². The third kappa shape index (κ3) is 4.24. The largest absolute Gasteiger partial charge is 0.394 e. The fourth-order valence-corrected chi connectivity index (χ4v) is 8.95. The van der Waals surface area contributed by atoms with Gasteiger partial charge in [0.05, 0.1) is 29.2 Å². The molecule has 5 rings (SSSR count). The van der Waals surface area contributed by atoms with Crippen LogP contribution in [0.1, 0.15) is 52.1 Å². The van der Waals surface area contributed by atoms with Gasteiger partial charge in [0.1, 0.15) is 6.04 Å². The van der Waals surface area contributed by atoms with Gasteiger partial charge >= 0.3 is 0 Å². The number of rotatable bonds is 6. The van der Waals surface area contributed by atoms with E-state index < -0.39 is 39.0 Å². The van der Waals surface area contributed by atoms with Gasteiger partial charge in [-0.2, -0.15) is 0 Å². The Balaban J connectivity index is 1.59. The number of benzene rings is 2. The van der Waals surface area contributed by atoms with Crippen LogP contribution in [-0.2, 0) is 14.4 Å². The average molecular weight is 522 g/mol. The third-order valence-corrected chi connectivity index (χ3v) is 9.96. The van der Waals surface area contributed by atoms with Gasteiger partial charge in [-0.1, -0.05) is 48.5 Å². The number of amides is 3. The van der Waals surface area contributed by atoms with Crippen LogP contribution in [0.25, 0.3) is 0 Å². The molecule has 0 aromatic heterocycles. The highest BCUT2D eigenvalue weighted by Gasteiger charge is 2.77. The minimum Gasteiger partial charge on any atom is -0.394 e. The fraction of sp³-hybridized carbons (Fsp3) is 0.483. The molecule has 6 atom stereocenters. The first-order valence-corrected chi connectivity index (χ1v) is 13.7. The lowest BCUT2D eigenvalue weighted by Gasteiger charge is -2.38. The number of hydrogen-bond donors (Lipinski definition) is 3. The molecule has 2 aromatic rings. The number of thioether (sulfide) groups is 1. The molecule has 3 aliphatic rings. The number of nitrogens with one attached hydrogen (secondary N) is 2. The number of aliphatic hydroxyl groups excluding tert-OH is 1. The maximum atomic E-state index is 14.4. The van der Waals surface area contributed by atoms with Crippen LogP contribution in [-0.4, -0.2) is 55.4 Å². The van der Waals surface area contributed by atoms with Gasteiger partial charge in [-0.15, -0.1) is 11.8 Å². The number of carbonyl (C=O) groups excluding carboxylic acids is 3. The predicted octanol–water partition coefficient (Wildman–Crippen LogP) is 3.75. The van der Waals surface area contributed by atoms with Crippen molar-refractivity contribution in [2.24, 2.45) is 11.8 Å². The minimum atomic E-state index is -0.803. The smallest absolute Gasteiger partial charge is 0.244 e. The Hall–Kier alpha value is -2.84. The van der Waals surface area contributed by atoms with E-state index in [1.165, 1.54) is 0 Å². The molecule has 7 nitrogen and oxygen atoms in total. The lowest BCUT2D eigenvalue weighted by Crippen LogP contribution is -2.57. The van der Waals surface area contributed by atoms with E-state index in [4.69, 9.17) is 0 Å². The molecule has 0 radical (unpaired) electrons. The first-order valence-electron chi connectivity index (χ1n) is 12.9. The average Bonchev–Trinajstić information content (AvgIpc) is 3.41. The summed E-state index contributed by atoms with van der Waals surface area (Å²) < 4.78 is -1.21. The molecular formula is C29H35N3O4S. The Bertz CT molecular complexity index is 1200. The van der Waals surface area contributed by atoms with Gasteiger partial charge < -0.3 is 20.6 Å². The van der Waals surface area contributed by atoms with E-state index >= 15 is 0 Å². The molecule has 3 heterocycles. The van der Waals surface area contributed by atoms with Crippen LogP contribution in [0.2, 0.25) is 0 Å². The first kappa shape index (κ1) is 25.8. The number of nitrogens with zero attached hydrogens (tertiary/aromatic N) is 1. The second-order valence-electron chi connectivity index (χ2n) is 11.7. The van der Waals surface area contributed by atoms with Crippen LogP contribution in [0.15, 0.2) is 60.7 Å².